The van der Waals surface area contributed by atoms with E-state index in [2.05, 4.69) is 32.3 Å². The van der Waals surface area contributed by atoms with Gasteiger partial charge >= 0.3 is 0 Å². The van der Waals surface area contributed by atoms with Gasteiger partial charge < -0.3 is 4.43 Å². The Labute approximate surface area is 77.3 Å². The third-order valence-electron chi connectivity index (χ3n) is 1.30. The first-order valence-electron chi connectivity index (χ1n) is 4.63. The predicted octanol–water partition coefficient (Wildman–Crippen LogP) is 3.70. The SMILES string of the molecule is CCCCC=C=CO[Si](C)(C)C. The standard InChI is InChI=1S/C10H20OSi/c1-5-6-7-8-9-10-11-12(2,3)4/h8,10H,5-7H2,1-4H3. The van der Waals surface area contributed by atoms with E-state index in [1.807, 2.05) is 6.08 Å². The lowest BCUT2D eigenvalue weighted by Gasteiger charge is -2.13. The Bertz CT molecular complexity index is 161. The van der Waals surface area contributed by atoms with E-state index < -0.39 is 8.32 Å². The van der Waals surface area contributed by atoms with Crippen LogP contribution in [0.4, 0.5) is 0 Å². The molecule has 0 aliphatic rings. The Morgan fingerprint density at radius 3 is 2.50 bits per heavy atom. The van der Waals surface area contributed by atoms with E-state index in [9.17, 15) is 0 Å². The maximum absolute atomic E-state index is 5.48. The molecule has 0 amide bonds. The molecule has 0 saturated carbocycles. The summed E-state index contributed by atoms with van der Waals surface area (Å²) < 4.78 is 5.48. The number of unbranched alkanes of at least 4 members (excludes halogenated alkanes) is 2. The lowest BCUT2D eigenvalue weighted by Crippen LogP contribution is -2.21. The second-order valence-corrected chi connectivity index (χ2v) is 8.32. The molecule has 0 radical (unpaired) electrons. The molecule has 2 heteroatoms. The molecule has 0 spiro atoms. The highest BCUT2D eigenvalue weighted by Crippen LogP contribution is 2.02. The maximum Gasteiger partial charge on any atom is 0.242 e. The Kier molecular flexibility index (Phi) is 5.86. The monoisotopic (exact) mass is 184 g/mol. The summed E-state index contributed by atoms with van der Waals surface area (Å²) in [6, 6.07) is 0. The lowest BCUT2D eigenvalue weighted by atomic mass is 10.2. The van der Waals surface area contributed by atoms with Crippen LogP contribution >= 0.6 is 0 Å². The fraction of sp³-hybridized carbons (Fsp3) is 0.700. The Morgan fingerprint density at radius 1 is 1.33 bits per heavy atom. The van der Waals surface area contributed by atoms with Crippen LogP contribution in [0.5, 0.6) is 0 Å². The summed E-state index contributed by atoms with van der Waals surface area (Å²) >= 11 is 0. The van der Waals surface area contributed by atoms with Crippen molar-refractivity contribution in [1.82, 2.24) is 0 Å². The van der Waals surface area contributed by atoms with Crippen molar-refractivity contribution in [3.05, 3.63) is 18.1 Å². The average molecular weight is 184 g/mol. The summed E-state index contributed by atoms with van der Waals surface area (Å²) in [5.74, 6) is 0. The molecule has 0 bridgehead atoms. The normalized spacial score (nSPS) is 10.3. The molecule has 0 saturated heterocycles. The number of allylic oxidation sites excluding steroid dienone is 1. The molecule has 0 aliphatic carbocycles. The minimum Gasteiger partial charge on any atom is -0.544 e. The minimum absolute atomic E-state index is 1.11. The van der Waals surface area contributed by atoms with Gasteiger partial charge in [-0.15, -0.1) is 0 Å². The topological polar surface area (TPSA) is 9.23 Å². The minimum atomic E-state index is -1.36. The number of hydrogen-bond donors (Lipinski definition) is 0. The van der Waals surface area contributed by atoms with Crippen molar-refractivity contribution in [3.8, 4) is 0 Å². The number of rotatable bonds is 5. The summed E-state index contributed by atoms with van der Waals surface area (Å²) in [5, 5.41) is 0. The molecule has 0 rings (SSSR count). The van der Waals surface area contributed by atoms with Gasteiger partial charge in [-0.1, -0.05) is 19.1 Å². The fourth-order valence-corrected chi connectivity index (χ4v) is 1.07. The highest BCUT2D eigenvalue weighted by molar-refractivity contribution is 6.69. The highest BCUT2D eigenvalue weighted by Gasteiger charge is 2.12. The summed E-state index contributed by atoms with van der Waals surface area (Å²) in [6.45, 7) is 8.68. The molecule has 0 heterocycles. The molecule has 0 atom stereocenters. The van der Waals surface area contributed by atoms with Crippen LogP contribution in [0.1, 0.15) is 26.2 Å². The van der Waals surface area contributed by atoms with E-state index in [1.54, 1.807) is 6.26 Å². The predicted molar refractivity (Wildman–Crippen MR) is 56.6 cm³/mol. The molecule has 1 nitrogen and oxygen atoms in total. The summed E-state index contributed by atoms with van der Waals surface area (Å²) in [6.07, 6.45) is 7.36. The smallest absolute Gasteiger partial charge is 0.242 e. The van der Waals surface area contributed by atoms with Gasteiger partial charge in [0, 0.05) is 0 Å². The van der Waals surface area contributed by atoms with E-state index >= 15 is 0 Å². The average Bonchev–Trinajstić information content (AvgIpc) is 1.94. The molecule has 0 N–H and O–H groups in total. The Morgan fingerprint density at radius 2 is 2.00 bits per heavy atom. The molecule has 70 valence electrons. The van der Waals surface area contributed by atoms with Crippen molar-refractivity contribution in [3.63, 3.8) is 0 Å². The Hall–Kier alpha value is -0.463. The van der Waals surface area contributed by atoms with E-state index in [-0.39, 0.29) is 0 Å². The van der Waals surface area contributed by atoms with Gasteiger partial charge in [-0.25, -0.2) is 0 Å². The van der Waals surface area contributed by atoms with E-state index in [0.717, 1.165) is 6.42 Å². The second-order valence-electron chi connectivity index (χ2n) is 3.86. The van der Waals surface area contributed by atoms with Crippen LogP contribution in [0.3, 0.4) is 0 Å². The summed E-state index contributed by atoms with van der Waals surface area (Å²) in [4.78, 5) is 0. The van der Waals surface area contributed by atoms with Crippen molar-refractivity contribution >= 4 is 8.32 Å². The lowest BCUT2D eigenvalue weighted by molar-refractivity contribution is 0.480. The maximum atomic E-state index is 5.48. The third kappa shape index (κ3) is 9.54. The van der Waals surface area contributed by atoms with Gasteiger partial charge in [-0.2, -0.15) is 0 Å². The van der Waals surface area contributed by atoms with Crippen LogP contribution in [0.15, 0.2) is 18.1 Å². The highest BCUT2D eigenvalue weighted by atomic mass is 28.4. The molecule has 0 aliphatic heterocycles. The summed E-state index contributed by atoms with van der Waals surface area (Å²) in [7, 11) is -1.36. The van der Waals surface area contributed by atoms with Crippen LogP contribution in [-0.4, -0.2) is 8.32 Å². The molecular weight excluding hydrogens is 164 g/mol. The second kappa shape index (κ2) is 6.10. The first-order chi connectivity index (χ1) is 5.56. The van der Waals surface area contributed by atoms with Crippen molar-refractivity contribution < 1.29 is 4.43 Å². The zero-order valence-electron chi connectivity index (χ0n) is 8.68. The molecule has 0 aromatic heterocycles. The molecule has 0 aromatic carbocycles. The van der Waals surface area contributed by atoms with Gasteiger partial charge in [0.1, 0.15) is 6.26 Å². The molecular formula is C10H20OSi. The van der Waals surface area contributed by atoms with Gasteiger partial charge in [0.2, 0.25) is 8.32 Å². The largest absolute Gasteiger partial charge is 0.544 e. The van der Waals surface area contributed by atoms with Gasteiger partial charge in [0.25, 0.3) is 0 Å². The van der Waals surface area contributed by atoms with Crippen molar-refractivity contribution in [2.45, 2.75) is 45.8 Å². The molecule has 0 unspecified atom stereocenters. The van der Waals surface area contributed by atoms with Gasteiger partial charge in [0.15, 0.2) is 0 Å². The van der Waals surface area contributed by atoms with E-state index in [1.165, 1.54) is 12.8 Å². The zero-order valence-corrected chi connectivity index (χ0v) is 9.68. The first-order valence-corrected chi connectivity index (χ1v) is 8.04. The van der Waals surface area contributed by atoms with Crippen LogP contribution < -0.4 is 0 Å². The molecule has 0 aromatic rings. The van der Waals surface area contributed by atoms with Gasteiger partial charge in [0.05, 0.1) is 0 Å². The van der Waals surface area contributed by atoms with E-state index in [4.69, 9.17) is 4.43 Å². The molecule has 0 fully saturated rings. The van der Waals surface area contributed by atoms with Gasteiger partial charge in [-0.3, -0.25) is 0 Å². The third-order valence-corrected chi connectivity index (χ3v) is 2.13. The van der Waals surface area contributed by atoms with Crippen molar-refractivity contribution in [1.29, 1.82) is 0 Å². The van der Waals surface area contributed by atoms with Crippen LogP contribution in [-0.2, 0) is 4.43 Å². The fourth-order valence-electron chi connectivity index (χ4n) is 0.648. The van der Waals surface area contributed by atoms with Crippen LogP contribution in [0, 0.1) is 0 Å². The van der Waals surface area contributed by atoms with Crippen LogP contribution in [0.25, 0.3) is 0 Å². The van der Waals surface area contributed by atoms with Crippen molar-refractivity contribution in [2.75, 3.05) is 0 Å². The van der Waals surface area contributed by atoms with E-state index in [0.29, 0.717) is 0 Å². The van der Waals surface area contributed by atoms with Crippen LogP contribution in [0.2, 0.25) is 19.6 Å². The summed E-state index contributed by atoms with van der Waals surface area (Å²) in [5.41, 5.74) is 3.04. The number of hydrogen-bond acceptors (Lipinski definition) is 1. The van der Waals surface area contributed by atoms with Gasteiger partial charge in [-0.05, 0) is 38.6 Å². The zero-order chi connectivity index (χ0) is 9.45. The molecule has 12 heavy (non-hydrogen) atoms. The quantitative estimate of drug-likeness (QED) is 0.274. The van der Waals surface area contributed by atoms with Crippen molar-refractivity contribution in [2.24, 2.45) is 0 Å². The Balaban J connectivity index is 3.54. The first kappa shape index (κ1) is 11.5.